The van der Waals surface area contributed by atoms with Gasteiger partial charge in [0.05, 0.1) is 13.5 Å². The molecule has 0 saturated carbocycles. The Kier molecular flexibility index (Phi) is 8.48. The maximum absolute atomic E-state index is 12.2. The molecule has 3 N–H and O–H groups in total. The van der Waals surface area contributed by atoms with E-state index in [-0.39, 0.29) is 5.91 Å². The number of nitrogens with two attached hydrogens (primary N) is 1. The molecule has 2 aromatic rings. The van der Waals surface area contributed by atoms with Gasteiger partial charge in [0, 0.05) is 23.7 Å². The van der Waals surface area contributed by atoms with Crippen LogP contribution in [0.4, 0.5) is 0 Å². The van der Waals surface area contributed by atoms with E-state index in [1.54, 1.807) is 18.9 Å². The molecule has 0 unspecified atom stereocenters. The van der Waals surface area contributed by atoms with E-state index in [0.29, 0.717) is 37.6 Å². The predicted octanol–water partition coefficient (Wildman–Crippen LogP) is 3.10. The fourth-order valence-electron chi connectivity index (χ4n) is 2.52. The average molecular weight is 389 g/mol. The first-order chi connectivity index (χ1) is 13.0. The SMILES string of the molecule is COc1cc(CC(=O)NCCSc2ccc(C)c(C)c2)ccc1OCCN. The van der Waals surface area contributed by atoms with Gasteiger partial charge in [-0.25, -0.2) is 0 Å². The third-order valence-electron chi connectivity index (χ3n) is 4.14. The topological polar surface area (TPSA) is 73.6 Å². The summed E-state index contributed by atoms with van der Waals surface area (Å²) in [6, 6.07) is 11.9. The van der Waals surface area contributed by atoms with Gasteiger partial charge in [-0.1, -0.05) is 12.1 Å². The number of aryl methyl sites for hydroxylation is 2. The second-order valence-electron chi connectivity index (χ2n) is 6.24. The highest BCUT2D eigenvalue weighted by Gasteiger charge is 2.09. The molecule has 5 nitrogen and oxygen atoms in total. The number of ether oxygens (including phenoxy) is 2. The van der Waals surface area contributed by atoms with E-state index in [2.05, 4.69) is 37.4 Å². The zero-order chi connectivity index (χ0) is 19.6. The first-order valence-electron chi connectivity index (χ1n) is 9.00. The molecular weight excluding hydrogens is 360 g/mol. The van der Waals surface area contributed by atoms with Crippen molar-refractivity contribution < 1.29 is 14.3 Å². The fraction of sp³-hybridized carbons (Fsp3) is 0.381. The second kappa shape index (κ2) is 10.8. The number of hydrogen-bond donors (Lipinski definition) is 2. The summed E-state index contributed by atoms with van der Waals surface area (Å²) in [5.74, 6) is 2.08. The molecule has 2 aromatic carbocycles. The monoisotopic (exact) mass is 388 g/mol. The van der Waals surface area contributed by atoms with Crippen LogP contribution in [0.5, 0.6) is 11.5 Å². The molecule has 0 fully saturated rings. The lowest BCUT2D eigenvalue weighted by molar-refractivity contribution is -0.120. The number of carbonyl (C=O) groups excluding carboxylic acids is 1. The van der Waals surface area contributed by atoms with Crippen molar-refractivity contribution in [3.05, 3.63) is 53.1 Å². The lowest BCUT2D eigenvalue weighted by Gasteiger charge is -2.12. The Morgan fingerprint density at radius 2 is 1.93 bits per heavy atom. The van der Waals surface area contributed by atoms with E-state index >= 15 is 0 Å². The van der Waals surface area contributed by atoms with Gasteiger partial charge in [-0.15, -0.1) is 11.8 Å². The fourth-order valence-corrected chi connectivity index (χ4v) is 3.39. The van der Waals surface area contributed by atoms with Gasteiger partial charge in [0.2, 0.25) is 5.91 Å². The minimum Gasteiger partial charge on any atom is -0.493 e. The Bertz CT molecular complexity index is 765. The number of thioether (sulfide) groups is 1. The van der Waals surface area contributed by atoms with E-state index < -0.39 is 0 Å². The van der Waals surface area contributed by atoms with Crippen molar-refractivity contribution in [1.29, 1.82) is 0 Å². The summed E-state index contributed by atoms with van der Waals surface area (Å²) in [5.41, 5.74) is 8.92. The van der Waals surface area contributed by atoms with Gasteiger partial charge in [-0.05, 0) is 54.8 Å². The Morgan fingerprint density at radius 1 is 1.11 bits per heavy atom. The second-order valence-corrected chi connectivity index (χ2v) is 7.41. The maximum atomic E-state index is 12.2. The first-order valence-corrected chi connectivity index (χ1v) is 9.98. The predicted molar refractivity (Wildman–Crippen MR) is 111 cm³/mol. The summed E-state index contributed by atoms with van der Waals surface area (Å²) in [4.78, 5) is 13.4. The van der Waals surface area contributed by atoms with Crippen molar-refractivity contribution >= 4 is 17.7 Å². The minimum absolute atomic E-state index is 0.00614. The van der Waals surface area contributed by atoms with E-state index in [0.717, 1.165) is 11.3 Å². The normalized spacial score (nSPS) is 10.5. The molecular formula is C21H28N2O3S. The Labute approximate surface area is 165 Å². The first kappa shape index (κ1) is 21.1. The number of carbonyl (C=O) groups is 1. The van der Waals surface area contributed by atoms with Crippen LogP contribution in [-0.2, 0) is 11.2 Å². The molecule has 0 saturated heterocycles. The standard InChI is InChI=1S/C21H28N2O3S/c1-15-4-6-18(12-16(15)2)27-11-9-23-21(24)14-17-5-7-19(26-10-8-22)20(13-17)25-3/h4-7,12-13H,8-11,14,22H2,1-3H3,(H,23,24). The van der Waals surface area contributed by atoms with Crippen molar-refractivity contribution in [1.82, 2.24) is 5.32 Å². The van der Waals surface area contributed by atoms with Crippen LogP contribution in [0.25, 0.3) is 0 Å². The van der Waals surface area contributed by atoms with Gasteiger partial charge in [-0.3, -0.25) is 4.79 Å². The van der Waals surface area contributed by atoms with Crippen LogP contribution in [-0.4, -0.2) is 38.5 Å². The summed E-state index contributed by atoms with van der Waals surface area (Å²) < 4.78 is 10.9. The molecule has 2 rings (SSSR count). The molecule has 0 aliphatic heterocycles. The largest absolute Gasteiger partial charge is 0.493 e. The maximum Gasteiger partial charge on any atom is 0.224 e. The highest BCUT2D eigenvalue weighted by molar-refractivity contribution is 7.99. The van der Waals surface area contributed by atoms with Crippen molar-refractivity contribution in [3.8, 4) is 11.5 Å². The average Bonchev–Trinajstić information content (AvgIpc) is 2.66. The molecule has 0 atom stereocenters. The van der Waals surface area contributed by atoms with Gasteiger partial charge in [0.15, 0.2) is 11.5 Å². The lowest BCUT2D eigenvalue weighted by atomic mass is 10.1. The number of nitrogens with one attached hydrogen (secondary N) is 1. The third-order valence-corrected chi connectivity index (χ3v) is 5.13. The van der Waals surface area contributed by atoms with Gasteiger partial charge >= 0.3 is 0 Å². The zero-order valence-corrected chi connectivity index (χ0v) is 17.0. The highest BCUT2D eigenvalue weighted by Crippen LogP contribution is 2.28. The van der Waals surface area contributed by atoms with Crippen molar-refractivity contribution in [2.45, 2.75) is 25.2 Å². The van der Waals surface area contributed by atoms with E-state index in [9.17, 15) is 4.79 Å². The molecule has 0 bridgehead atoms. The highest BCUT2D eigenvalue weighted by atomic mass is 32.2. The summed E-state index contributed by atoms with van der Waals surface area (Å²) >= 11 is 1.75. The van der Waals surface area contributed by atoms with Gasteiger partial charge in [0.1, 0.15) is 6.61 Å². The van der Waals surface area contributed by atoms with Crippen LogP contribution in [0.1, 0.15) is 16.7 Å². The third kappa shape index (κ3) is 6.81. The molecule has 0 aliphatic rings. The number of rotatable bonds is 10. The van der Waals surface area contributed by atoms with Gasteiger partial charge in [0.25, 0.3) is 0 Å². The number of benzene rings is 2. The molecule has 146 valence electrons. The molecule has 0 aromatic heterocycles. The molecule has 6 heteroatoms. The molecule has 27 heavy (non-hydrogen) atoms. The zero-order valence-electron chi connectivity index (χ0n) is 16.2. The van der Waals surface area contributed by atoms with Crippen LogP contribution in [0.3, 0.4) is 0 Å². The van der Waals surface area contributed by atoms with Crippen LogP contribution in [0.15, 0.2) is 41.3 Å². The minimum atomic E-state index is -0.00614. The summed E-state index contributed by atoms with van der Waals surface area (Å²) in [7, 11) is 1.58. The molecule has 0 radical (unpaired) electrons. The quantitative estimate of drug-likeness (QED) is 0.483. The van der Waals surface area contributed by atoms with E-state index in [1.165, 1.54) is 16.0 Å². The van der Waals surface area contributed by atoms with Crippen LogP contribution in [0, 0.1) is 13.8 Å². The van der Waals surface area contributed by atoms with Gasteiger partial charge in [-0.2, -0.15) is 0 Å². The molecule has 1 amide bonds. The van der Waals surface area contributed by atoms with Crippen LogP contribution < -0.4 is 20.5 Å². The number of methoxy groups -OCH3 is 1. The molecule has 0 heterocycles. The summed E-state index contributed by atoms with van der Waals surface area (Å²) in [6.07, 6.45) is 0.307. The number of hydrogen-bond acceptors (Lipinski definition) is 5. The lowest BCUT2D eigenvalue weighted by Crippen LogP contribution is -2.27. The number of amides is 1. The van der Waals surface area contributed by atoms with Crippen LogP contribution in [0.2, 0.25) is 0 Å². The van der Waals surface area contributed by atoms with E-state index in [1.807, 2.05) is 18.2 Å². The molecule has 0 spiro atoms. The Balaban J connectivity index is 1.78. The molecule has 0 aliphatic carbocycles. The summed E-state index contributed by atoms with van der Waals surface area (Å²) in [5, 5.41) is 2.97. The van der Waals surface area contributed by atoms with E-state index in [4.69, 9.17) is 15.2 Å². The van der Waals surface area contributed by atoms with Gasteiger partial charge < -0.3 is 20.5 Å². The smallest absolute Gasteiger partial charge is 0.224 e. The van der Waals surface area contributed by atoms with Crippen molar-refractivity contribution in [2.75, 3.05) is 32.6 Å². The summed E-state index contributed by atoms with van der Waals surface area (Å²) in [6.45, 7) is 5.71. The Morgan fingerprint density at radius 3 is 2.63 bits per heavy atom. The van der Waals surface area contributed by atoms with Crippen molar-refractivity contribution in [2.24, 2.45) is 5.73 Å². The Hall–Kier alpha value is -2.18. The van der Waals surface area contributed by atoms with Crippen LogP contribution >= 0.6 is 11.8 Å². The van der Waals surface area contributed by atoms with Crippen molar-refractivity contribution in [3.63, 3.8) is 0 Å².